The molecule has 0 bridgehead atoms. The molecule has 1 heteroatoms. The Morgan fingerprint density at radius 2 is 1.67 bits per heavy atom. The molecule has 2 heterocycles. The number of rotatable bonds is 0. The predicted molar refractivity (Wildman–Crippen MR) is 37.9 cm³/mol. The summed E-state index contributed by atoms with van der Waals surface area (Å²) < 4.78 is 0. The van der Waals surface area contributed by atoms with Gasteiger partial charge >= 0.3 is 0 Å². The average Bonchev–Trinajstić information content (AvgIpc) is 2.33. The minimum absolute atomic E-state index is 1.36. The largest absolute Gasteiger partial charge is 0.296 e. The molecule has 0 spiro atoms. The van der Waals surface area contributed by atoms with Crippen LogP contribution in [0.3, 0.4) is 0 Å². The molecule has 2 fully saturated rings. The van der Waals surface area contributed by atoms with E-state index in [4.69, 9.17) is 0 Å². The molecule has 51 valence electrons. The molecule has 1 radical (unpaired) electrons. The Balaban J connectivity index is 1.97. The summed E-state index contributed by atoms with van der Waals surface area (Å²) in [6.07, 6.45) is 7.12. The van der Waals surface area contributed by atoms with Gasteiger partial charge in [0.15, 0.2) is 0 Å². The van der Waals surface area contributed by atoms with Crippen molar-refractivity contribution in [3.63, 3.8) is 0 Å². The molecule has 0 unspecified atom stereocenters. The lowest BCUT2D eigenvalue weighted by Gasteiger charge is -2.27. The highest BCUT2D eigenvalue weighted by molar-refractivity contribution is 4.97. The van der Waals surface area contributed by atoms with Gasteiger partial charge < -0.3 is 0 Å². The van der Waals surface area contributed by atoms with Crippen LogP contribution in [0.2, 0.25) is 0 Å². The maximum absolute atomic E-state index is 2.59. The van der Waals surface area contributed by atoms with E-state index in [1.54, 1.807) is 6.04 Å². The van der Waals surface area contributed by atoms with Gasteiger partial charge in [-0.25, -0.2) is 0 Å². The van der Waals surface area contributed by atoms with Crippen LogP contribution >= 0.6 is 0 Å². The molecule has 0 aliphatic carbocycles. The fourth-order valence-corrected chi connectivity index (χ4v) is 1.97. The highest BCUT2D eigenvalue weighted by Gasteiger charge is 2.26. The first-order chi connectivity index (χ1) is 4.47. The summed E-state index contributed by atoms with van der Waals surface area (Å²) in [5.41, 5.74) is 0. The summed E-state index contributed by atoms with van der Waals surface area (Å²) in [5, 5.41) is 0. The first kappa shape index (κ1) is 5.72. The molecule has 0 aromatic rings. The second-order valence-electron chi connectivity index (χ2n) is 3.11. The van der Waals surface area contributed by atoms with Gasteiger partial charge in [0.25, 0.3) is 0 Å². The molecule has 0 aromatic carbocycles. The van der Waals surface area contributed by atoms with Crippen LogP contribution in [0.25, 0.3) is 0 Å². The first-order valence-corrected chi connectivity index (χ1v) is 4.06. The van der Waals surface area contributed by atoms with Crippen molar-refractivity contribution in [3.05, 3.63) is 6.04 Å². The zero-order valence-electron chi connectivity index (χ0n) is 5.90. The molecule has 9 heavy (non-hydrogen) atoms. The molecule has 2 saturated heterocycles. The maximum Gasteiger partial charge on any atom is 0.0393 e. The molecule has 0 saturated carbocycles. The summed E-state index contributed by atoms with van der Waals surface area (Å²) in [7, 11) is 0. The Hall–Kier alpha value is -0.0400. The third-order valence-electron chi connectivity index (χ3n) is 2.48. The number of nitrogens with zero attached hydrogens (tertiary/aromatic N) is 1. The van der Waals surface area contributed by atoms with E-state index < -0.39 is 0 Å². The summed E-state index contributed by atoms with van der Waals surface area (Å²) in [4.78, 5) is 2.59. The van der Waals surface area contributed by atoms with Gasteiger partial charge in [-0.05, 0) is 38.8 Å². The van der Waals surface area contributed by atoms with Gasteiger partial charge in [-0.3, -0.25) is 4.90 Å². The van der Waals surface area contributed by atoms with Crippen molar-refractivity contribution in [2.75, 3.05) is 13.1 Å². The minimum Gasteiger partial charge on any atom is -0.296 e. The SMILES string of the molecule is C1CCN2CCC[C]2C1. The quantitative estimate of drug-likeness (QED) is 0.476. The molecular formula is C8H14N. The van der Waals surface area contributed by atoms with E-state index in [1.165, 1.54) is 45.2 Å². The third-order valence-corrected chi connectivity index (χ3v) is 2.48. The lowest BCUT2D eigenvalue weighted by Crippen LogP contribution is -2.27. The third kappa shape index (κ3) is 0.983. The van der Waals surface area contributed by atoms with Gasteiger partial charge in [-0.2, -0.15) is 0 Å². The number of piperidine rings is 1. The van der Waals surface area contributed by atoms with E-state index in [1.807, 2.05) is 0 Å². The van der Waals surface area contributed by atoms with Gasteiger partial charge in [0, 0.05) is 6.04 Å². The highest BCUT2D eigenvalue weighted by atomic mass is 15.2. The molecular weight excluding hydrogens is 110 g/mol. The van der Waals surface area contributed by atoms with Crippen molar-refractivity contribution in [3.8, 4) is 0 Å². The molecule has 0 aromatic heterocycles. The number of hydrogen-bond donors (Lipinski definition) is 0. The number of hydrogen-bond acceptors (Lipinski definition) is 1. The van der Waals surface area contributed by atoms with Crippen molar-refractivity contribution in [1.82, 2.24) is 4.90 Å². The average molecular weight is 124 g/mol. The van der Waals surface area contributed by atoms with Crippen LogP contribution in [0.1, 0.15) is 32.1 Å². The summed E-state index contributed by atoms with van der Waals surface area (Å²) in [5.74, 6) is 0. The second kappa shape index (κ2) is 2.30. The predicted octanol–water partition coefficient (Wildman–Crippen LogP) is 1.80. The first-order valence-electron chi connectivity index (χ1n) is 4.06. The molecule has 1 nitrogen and oxygen atoms in total. The van der Waals surface area contributed by atoms with Gasteiger partial charge in [-0.1, -0.05) is 6.42 Å². The Morgan fingerprint density at radius 3 is 2.56 bits per heavy atom. The van der Waals surface area contributed by atoms with Crippen LogP contribution in [-0.2, 0) is 0 Å². The minimum atomic E-state index is 1.36. The van der Waals surface area contributed by atoms with Gasteiger partial charge in [0.05, 0.1) is 0 Å². The van der Waals surface area contributed by atoms with E-state index >= 15 is 0 Å². The Kier molecular flexibility index (Phi) is 1.46. The van der Waals surface area contributed by atoms with Crippen LogP contribution < -0.4 is 0 Å². The second-order valence-corrected chi connectivity index (χ2v) is 3.11. The zero-order chi connectivity index (χ0) is 6.10. The van der Waals surface area contributed by atoms with Crippen molar-refractivity contribution in [2.24, 2.45) is 0 Å². The lowest BCUT2D eigenvalue weighted by molar-refractivity contribution is 0.275. The molecule has 2 aliphatic heterocycles. The van der Waals surface area contributed by atoms with Crippen molar-refractivity contribution < 1.29 is 0 Å². The van der Waals surface area contributed by atoms with Crippen LogP contribution in [0, 0.1) is 6.04 Å². The van der Waals surface area contributed by atoms with Crippen molar-refractivity contribution in [2.45, 2.75) is 32.1 Å². The van der Waals surface area contributed by atoms with E-state index in [0.717, 1.165) is 0 Å². The molecule has 0 amide bonds. The van der Waals surface area contributed by atoms with Gasteiger partial charge in [-0.15, -0.1) is 0 Å². The van der Waals surface area contributed by atoms with Gasteiger partial charge in [0.1, 0.15) is 0 Å². The van der Waals surface area contributed by atoms with E-state index in [9.17, 15) is 0 Å². The molecule has 2 aliphatic rings. The highest BCUT2D eigenvalue weighted by Crippen LogP contribution is 2.32. The van der Waals surface area contributed by atoms with E-state index in [2.05, 4.69) is 4.90 Å². The van der Waals surface area contributed by atoms with Crippen molar-refractivity contribution >= 4 is 0 Å². The Bertz CT molecular complexity index is 88.7. The van der Waals surface area contributed by atoms with E-state index in [-0.39, 0.29) is 0 Å². The fraction of sp³-hybridized carbons (Fsp3) is 0.875. The van der Waals surface area contributed by atoms with Gasteiger partial charge in [0.2, 0.25) is 0 Å². The monoisotopic (exact) mass is 124 g/mol. The maximum atomic E-state index is 2.59. The molecule has 2 rings (SSSR count). The lowest BCUT2D eigenvalue weighted by atomic mass is 10.0. The normalized spacial score (nSPS) is 30.7. The topological polar surface area (TPSA) is 3.24 Å². The summed E-state index contributed by atoms with van der Waals surface area (Å²) in [6, 6.07) is 1.75. The summed E-state index contributed by atoms with van der Waals surface area (Å²) >= 11 is 0. The van der Waals surface area contributed by atoms with Crippen LogP contribution in [-0.4, -0.2) is 18.0 Å². The summed E-state index contributed by atoms with van der Waals surface area (Å²) in [6.45, 7) is 2.71. The van der Waals surface area contributed by atoms with Crippen molar-refractivity contribution in [1.29, 1.82) is 0 Å². The van der Waals surface area contributed by atoms with Crippen LogP contribution in [0.5, 0.6) is 0 Å². The fourth-order valence-electron chi connectivity index (χ4n) is 1.97. The van der Waals surface area contributed by atoms with Crippen LogP contribution in [0.15, 0.2) is 0 Å². The van der Waals surface area contributed by atoms with E-state index in [0.29, 0.717) is 0 Å². The molecule has 0 N–H and O–H groups in total. The number of fused-ring (bicyclic) bond motifs is 1. The Labute approximate surface area is 57.0 Å². The Morgan fingerprint density at radius 1 is 0.889 bits per heavy atom. The zero-order valence-corrected chi connectivity index (χ0v) is 5.90. The molecule has 0 atom stereocenters. The smallest absolute Gasteiger partial charge is 0.0393 e. The standard InChI is InChI=1S/C8H14N/c1-2-6-9-7-3-5-8(9)4-1/h1-7H2. The van der Waals surface area contributed by atoms with Crippen LogP contribution in [0.4, 0.5) is 0 Å².